The van der Waals surface area contributed by atoms with E-state index in [0.717, 1.165) is 29.5 Å². The van der Waals surface area contributed by atoms with Gasteiger partial charge < -0.3 is 4.74 Å². The molecule has 0 N–H and O–H groups in total. The first-order valence-corrected chi connectivity index (χ1v) is 10.5. The van der Waals surface area contributed by atoms with Gasteiger partial charge in [-0.3, -0.25) is 0 Å². The summed E-state index contributed by atoms with van der Waals surface area (Å²) in [5, 5.41) is 0. The van der Waals surface area contributed by atoms with Crippen LogP contribution in [-0.2, 0) is 16.2 Å². The smallest absolute Gasteiger partial charge is 0.416 e. The quantitative estimate of drug-likeness (QED) is 0.603. The van der Waals surface area contributed by atoms with E-state index >= 15 is 0 Å². The molecule has 9 heteroatoms. The maximum Gasteiger partial charge on any atom is 0.416 e. The second kappa shape index (κ2) is 7.73. The molecule has 0 atom stereocenters. The third kappa shape index (κ3) is 4.17. The molecule has 1 aliphatic heterocycles. The van der Waals surface area contributed by atoms with Crippen molar-refractivity contribution in [1.82, 2.24) is 9.29 Å². The van der Waals surface area contributed by atoms with Crippen molar-refractivity contribution in [2.45, 2.75) is 17.2 Å². The minimum atomic E-state index is -4.50. The molecular weight excluding hydrogens is 417 g/mol. The van der Waals surface area contributed by atoms with E-state index in [1.807, 2.05) is 30.3 Å². The predicted octanol–water partition coefficient (Wildman–Crippen LogP) is 4.22. The van der Waals surface area contributed by atoms with E-state index in [1.165, 1.54) is 4.31 Å². The van der Waals surface area contributed by atoms with Gasteiger partial charge in [-0.05, 0) is 29.3 Å². The van der Waals surface area contributed by atoms with E-state index in [9.17, 15) is 21.6 Å². The van der Waals surface area contributed by atoms with Crippen LogP contribution in [0.5, 0.6) is 5.88 Å². The number of alkyl halides is 3. The maximum atomic E-state index is 12.8. The molecule has 0 spiro atoms. The van der Waals surface area contributed by atoms with Crippen LogP contribution in [0.25, 0.3) is 11.1 Å². The van der Waals surface area contributed by atoms with Crippen LogP contribution in [0, 0.1) is 0 Å². The van der Waals surface area contributed by atoms with Crippen molar-refractivity contribution in [1.29, 1.82) is 0 Å². The number of sulfonamides is 1. The average molecular weight is 434 g/mol. The molecule has 0 aliphatic carbocycles. The first kappa shape index (κ1) is 20.4. The Bertz CT molecular complexity index is 1130. The van der Waals surface area contributed by atoms with Gasteiger partial charge in [-0.1, -0.05) is 42.5 Å². The fourth-order valence-electron chi connectivity index (χ4n) is 3.09. The fourth-order valence-corrected chi connectivity index (χ4v) is 4.59. The first-order chi connectivity index (χ1) is 14.2. The minimum absolute atomic E-state index is 0.0424. The third-order valence-electron chi connectivity index (χ3n) is 4.76. The average Bonchev–Trinajstić information content (AvgIpc) is 2.70. The van der Waals surface area contributed by atoms with Crippen molar-refractivity contribution < 1.29 is 26.3 Å². The molecule has 0 amide bonds. The second-order valence-electron chi connectivity index (χ2n) is 6.83. The Kier molecular flexibility index (Phi) is 5.25. The lowest BCUT2D eigenvalue weighted by molar-refractivity contribution is -0.137. The molecule has 0 radical (unpaired) electrons. The van der Waals surface area contributed by atoms with Crippen molar-refractivity contribution >= 4 is 10.0 Å². The van der Waals surface area contributed by atoms with Crippen LogP contribution in [0.2, 0.25) is 0 Å². The number of benzene rings is 2. The van der Waals surface area contributed by atoms with Crippen molar-refractivity contribution in [3.8, 4) is 17.0 Å². The zero-order chi connectivity index (χ0) is 21.4. The van der Waals surface area contributed by atoms with Crippen molar-refractivity contribution in [3.63, 3.8) is 0 Å². The van der Waals surface area contributed by atoms with Gasteiger partial charge in [0.25, 0.3) is 0 Å². The standard InChI is InChI=1S/C21H17F3N2O3S/c22-21(23,24)17-10-11-25-20(12-17)29-18-13-26(14-18)30(27,28)19-8-6-16(7-9-19)15-4-2-1-3-5-15/h1-12,18H,13-14H2. The monoisotopic (exact) mass is 434 g/mol. The van der Waals surface area contributed by atoms with E-state index in [2.05, 4.69) is 4.98 Å². The summed E-state index contributed by atoms with van der Waals surface area (Å²) in [5.41, 5.74) is 1.01. The molecule has 3 aromatic rings. The van der Waals surface area contributed by atoms with Crippen LogP contribution in [0.15, 0.2) is 77.8 Å². The SMILES string of the molecule is O=S(=O)(c1ccc(-c2ccccc2)cc1)N1CC(Oc2cc(C(F)(F)F)ccn2)C1. The van der Waals surface area contributed by atoms with Crippen molar-refractivity contribution in [3.05, 3.63) is 78.5 Å². The molecule has 4 rings (SSSR count). The molecule has 0 bridgehead atoms. The summed E-state index contributed by atoms with van der Waals surface area (Å²) in [6.45, 7) is 0.0847. The lowest BCUT2D eigenvalue weighted by atomic mass is 10.1. The lowest BCUT2D eigenvalue weighted by Gasteiger charge is -2.37. The highest BCUT2D eigenvalue weighted by Gasteiger charge is 2.39. The summed E-state index contributed by atoms with van der Waals surface area (Å²) in [6, 6.07) is 17.8. The predicted molar refractivity (Wildman–Crippen MR) is 104 cm³/mol. The number of ether oxygens (including phenoxy) is 1. The maximum absolute atomic E-state index is 12.8. The van der Waals surface area contributed by atoms with E-state index in [0.29, 0.717) is 0 Å². The summed E-state index contributed by atoms with van der Waals surface area (Å²) in [6.07, 6.45) is -4.04. The highest BCUT2D eigenvalue weighted by Crippen LogP contribution is 2.31. The molecule has 156 valence electrons. The highest BCUT2D eigenvalue weighted by molar-refractivity contribution is 7.89. The normalized spacial score (nSPS) is 15.6. The van der Waals surface area contributed by atoms with Gasteiger partial charge in [-0.25, -0.2) is 13.4 Å². The molecule has 0 unspecified atom stereocenters. The van der Waals surface area contributed by atoms with Gasteiger partial charge in [0.05, 0.1) is 23.5 Å². The van der Waals surface area contributed by atoms with E-state index in [1.54, 1.807) is 24.3 Å². The van der Waals surface area contributed by atoms with Crippen LogP contribution in [0.4, 0.5) is 13.2 Å². The fraction of sp³-hybridized carbons (Fsp3) is 0.190. The number of rotatable bonds is 5. The molecule has 1 fully saturated rings. The summed E-state index contributed by atoms with van der Waals surface area (Å²) in [5.74, 6) is -0.181. The van der Waals surface area contributed by atoms with E-state index in [-0.39, 0.29) is 23.9 Å². The summed E-state index contributed by atoms with van der Waals surface area (Å²) >= 11 is 0. The van der Waals surface area contributed by atoms with Crippen molar-refractivity contribution in [2.24, 2.45) is 0 Å². The number of pyridine rings is 1. The molecule has 2 heterocycles. The molecule has 0 saturated carbocycles. The molecule has 1 aliphatic rings. The number of aromatic nitrogens is 1. The molecule has 1 aromatic heterocycles. The Morgan fingerprint density at radius 2 is 1.57 bits per heavy atom. The van der Waals surface area contributed by atoms with E-state index in [4.69, 9.17) is 4.74 Å². The zero-order valence-corrected chi connectivity index (χ0v) is 16.4. The Morgan fingerprint density at radius 3 is 2.20 bits per heavy atom. The Hall–Kier alpha value is -2.91. The third-order valence-corrected chi connectivity index (χ3v) is 6.61. The Labute approximate surface area is 171 Å². The van der Waals surface area contributed by atoms with Crippen LogP contribution >= 0.6 is 0 Å². The number of halogens is 3. The van der Waals surface area contributed by atoms with E-state index < -0.39 is 27.9 Å². The Balaban J connectivity index is 1.40. The van der Waals surface area contributed by atoms with Gasteiger partial charge in [-0.2, -0.15) is 17.5 Å². The van der Waals surface area contributed by atoms with Gasteiger partial charge in [-0.15, -0.1) is 0 Å². The number of hydrogen-bond donors (Lipinski definition) is 0. The molecule has 1 saturated heterocycles. The first-order valence-electron chi connectivity index (χ1n) is 9.09. The Morgan fingerprint density at radius 1 is 0.933 bits per heavy atom. The molecular formula is C21H17F3N2O3S. The van der Waals surface area contributed by atoms with Crippen LogP contribution < -0.4 is 4.74 Å². The summed E-state index contributed by atoms with van der Waals surface area (Å²) < 4.78 is 70.5. The number of hydrogen-bond acceptors (Lipinski definition) is 4. The van der Waals surface area contributed by atoms with Crippen LogP contribution in [-0.4, -0.2) is 36.9 Å². The lowest BCUT2D eigenvalue weighted by Crippen LogP contribution is -2.56. The molecule has 2 aromatic carbocycles. The second-order valence-corrected chi connectivity index (χ2v) is 8.77. The van der Waals surface area contributed by atoms with Gasteiger partial charge >= 0.3 is 6.18 Å². The van der Waals surface area contributed by atoms with Gasteiger partial charge in [0, 0.05) is 12.3 Å². The number of nitrogens with zero attached hydrogens (tertiary/aromatic N) is 2. The van der Waals surface area contributed by atoms with Crippen LogP contribution in [0.3, 0.4) is 0 Å². The molecule has 30 heavy (non-hydrogen) atoms. The minimum Gasteiger partial charge on any atom is -0.472 e. The van der Waals surface area contributed by atoms with Crippen LogP contribution in [0.1, 0.15) is 5.56 Å². The van der Waals surface area contributed by atoms with Gasteiger partial charge in [0.15, 0.2) is 0 Å². The van der Waals surface area contributed by atoms with Gasteiger partial charge in [0.1, 0.15) is 6.10 Å². The highest BCUT2D eigenvalue weighted by atomic mass is 32.2. The molecule has 5 nitrogen and oxygen atoms in total. The van der Waals surface area contributed by atoms with Gasteiger partial charge in [0.2, 0.25) is 15.9 Å². The summed E-state index contributed by atoms with van der Waals surface area (Å²) in [7, 11) is -3.70. The van der Waals surface area contributed by atoms with Crippen molar-refractivity contribution in [2.75, 3.05) is 13.1 Å². The largest absolute Gasteiger partial charge is 0.472 e. The zero-order valence-electron chi connectivity index (χ0n) is 15.6. The topological polar surface area (TPSA) is 59.5 Å². The summed E-state index contributed by atoms with van der Waals surface area (Å²) in [4.78, 5) is 3.92.